The fraction of sp³-hybridized carbons (Fsp3) is 0.208. The van der Waals surface area contributed by atoms with Gasteiger partial charge in [0.2, 0.25) is 0 Å². The van der Waals surface area contributed by atoms with Gasteiger partial charge in [0.25, 0.3) is 15.9 Å². The van der Waals surface area contributed by atoms with Crippen LogP contribution in [-0.2, 0) is 14.8 Å². The Bertz CT molecular complexity index is 1230. The zero-order chi connectivity index (χ0) is 24.7. The van der Waals surface area contributed by atoms with E-state index in [2.05, 4.69) is 26.0 Å². The molecular formula is C24H25BrN2O6S. The van der Waals surface area contributed by atoms with Gasteiger partial charge in [-0.3, -0.25) is 9.52 Å². The summed E-state index contributed by atoms with van der Waals surface area (Å²) in [5.41, 5.74) is 1.29. The molecule has 0 bridgehead atoms. The van der Waals surface area contributed by atoms with Crippen LogP contribution in [-0.4, -0.2) is 35.2 Å². The summed E-state index contributed by atoms with van der Waals surface area (Å²) in [4.78, 5) is 12.4. The summed E-state index contributed by atoms with van der Waals surface area (Å²) >= 11 is 3.31. The number of anilines is 1. The van der Waals surface area contributed by atoms with Gasteiger partial charge in [0.05, 0.1) is 25.2 Å². The van der Waals surface area contributed by atoms with Crippen molar-refractivity contribution in [1.82, 2.24) is 5.32 Å². The molecule has 0 spiro atoms. The molecule has 180 valence electrons. The summed E-state index contributed by atoms with van der Waals surface area (Å²) in [6, 6.07) is 17.8. The van der Waals surface area contributed by atoms with Gasteiger partial charge in [-0.1, -0.05) is 22.0 Å². The molecule has 0 heterocycles. The standard InChI is InChI=1S/C24H25BrN2O6S/c1-16(17-4-13-22(31-2)23(14-17)32-3)26-24(28)15-33-20-9-11-21(12-10-20)34(29,30)27-19-7-5-18(25)6-8-19/h4-14,16,27H,15H2,1-3H3,(H,26,28). The van der Waals surface area contributed by atoms with Crippen molar-refractivity contribution in [2.45, 2.75) is 17.9 Å². The lowest BCUT2D eigenvalue weighted by molar-refractivity contribution is -0.123. The number of halogens is 1. The van der Waals surface area contributed by atoms with E-state index in [1.807, 2.05) is 13.0 Å². The van der Waals surface area contributed by atoms with E-state index in [1.54, 1.807) is 50.6 Å². The number of amides is 1. The maximum Gasteiger partial charge on any atom is 0.261 e. The largest absolute Gasteiger partial charge is 0.493 e. The fourth-order valence-electron chi connectivity index (χ4n) is 3.08. The lowest BCUT2D eigenvalue weighted by Crippen LogP contribution is -2.31. The van der Waals surface area contributed by atoms with Crippen LogP contribution in [0.4, 0.5) is 5.69 Å². The van der Waals surface area contributed by atoms with E-state index in [9.17, 15) is 13.2 Å². The van der Waals surface area contributed by atoms with Crippen molar-refractivity contribution in [2.75, 3.05) is 25.5 Å². The van der Waals surface area contributed by atoms with Crippen LogP contribution >= 0.6 is 15.9 Å². The van der Waals surface area contributed by atoms with Crippen molar-refractivity contribution >= 4 is 37.5 Å². The maximum absolute atomic E-state index is 12.6. The molecule has 0 aromatic heterocycles. The smallest absolute Gasteiger partial charge is 0.261 e. The highest BCUT2D eigenvalue weighted by atomic mass is 79.9. The molecule has 10 heteroatoms. The monoisotopic (exact) mass is 548 g/mol. The van der Waals surface area contributed by atoms with Crippen LogP contribution in [0.25, 0.3) is 0 Å². The number of rotatable bonds is 10. The number of benzene rings is 3. The minimum Gasteiger partial charge on any atom is -0.493 e. The van der Waals surface area contributed by atoms with Crippen molar-refractivity contribution in [1.29, 1.82) is 0 Å². The Kier molecular flexibility index (Phi) is 8.41. The number of carbonyl (C=O) groups excluding carboxylic acids is 1. The van der Waals surface area contributed by atoms with Gasteiger partial charge in [0, 0.05) is 10.2 Å². The average Bonchev–Trinajstić information content (AvgIpc) is 2.83. The van der Waals surface area contributed by atoms with Crippen LogP contribution in [0.1, 0.15) is 18.5 Å². The molecule has 0 saturated carbocycles. The highest BCUT2D eigenvalue weighted by Crippen LogP contribution is 2.30. The summed E-state index contributed by atoms with van der Waals surface area (Å²) in [7, 11) is -0.647. The van der Waals surface area contributed by atoms with Gasteiger partial charge < -0.3 is 19.5 Å². The third-order valence-corrected chi connectivity index (χ3v) is 6.81. The Hall–Kier alpha value is -3.24. The second-order valence-electron chi connectivity index (χ2n) is 7.28. The highest BCUT2D eigenvalue weighted by Gasteiger charge is 2.16. The quantitative estimate of drug-likeness (QED) is 0.386. The van der Waals surface area contributed by atoms with E-state index < -0.39 is 10.0 Å². The molecule has 1 atom stereocenters. The van der Waals surface area contributed by atoms with Crippen molar-refractivity contribution in [2.24, 2.45) is 0 Å². The summed E-state index contributed by atoms with van der Waals surface area (Å²) < 4.78 is 44.5. The van der Waals surface area contributed by atoms with Crippen LogP contribution < -0.4 is 24.2 Å². The molecule has 0 radical (unpaired) electrons. The maximum atomic E-state index is 12.6. The Balaban J connectivity index is 1.55. The lowest BCUT2D eigenvalue weighted by Gasteiger charge is -2.17. The number of nitrogens with one attached hydrogen (secondary N) is 2. The van der Waals surface area contributed by atoms with Gasteiger partial charge in [0.15, 0.2) is 18.1 Å². The first-order valence-electron chi connectivity index (χ1n) is 10.2. The Morgan fingerprint density at radius 2 is 1.59 bits per heavy atom. The Labute approximate surface area is 207 Å². The minimum atomic E-state index is -3.75. The zero-order valence-electron chi connectivity index (χ0n) is 18.9. The summed E-state index contributed by atoms with van der Waals surface area (Å²) in [6.45, 7) is 1.62. The van der Waals surface area contributed by atoms with Crippen molar-refractivity contribution in [3.8, 4) is 17.2 Å². The van der Waals surface area contributed by atoms with E-state index in [4.69, 9.17) is 14.2 Å². The molecule has 1 unspecified atom stereocenters. The van der Waals surface area contributed by atoms with Gasteiger partial charge in [-0.2, -0.15) is 0 Å². The molecule has 0 aliphatic rings. The first-order valence-corrected chi connectivity index (χ1v) is 12.5. The highest BCUT2D eigenvalue weighted by molar-refractivity contribution is 9.10. The molecule has 3 rings (SSSR count). The van der Waals surface area contributed by atoms with E-state index in [0.29, 0.717) is 22.9 Å². The average molecular weight is 549 g/mol. The van der Waals surface area contributed by atoms with Crippen molar-refractivity contribution < 1.29 is 27.4 Å². The van der Waals surface area contributed by atoms with Crippen molar-refractivity contribution in [3.63, 3.8) is 0 Å². The fourth-order valence-corrected chi connectivity index (χ4v) is 4.41. The van der Waals surface area contributed by atoms with Crippen molar-refractivity contribution in [3.05, 3.63) is 76.8 Å². The zero-order valence-corrected chi connectivity index (χ0v) is 21.3. The number of methoxy groups -OCH3 is 2. The second-order valence-corrected chi connectivity index (χ2v) is 9.87. The molecule has 2 N–H and O–H groups in total. The topological polar surface area (TPSA) is 103 Å². The first-order chi connectivity index (χ1) is 16.2. The van der Waals surface area contributed by atoms with E-state index in [-0.39, 0.29) is 23.5 Å². The lowest BCUT2D eigenvalue weighted by atomic mass is 10.1. The van der Waals surface area contributed by atoms with Gasteiger partial charge in [-0.25, -0.2) is 8.42 Å². The second kappa shape index (κ2) is 11.3. The normalized spacial score (nSPS) is 11.9. The van der Waals surface area contributed by atoms with Crippen LogP contribution in [0.3, 0.4) is 0 Å². The van der Waals surface area contributed by atoms with Gasteiger partial charge in [-0.15, -0.1) is 0 Å². The number of ether oxygens (including phenoxy) is 3. The Morgan fingerprint density at radius 3 is 2.21 bits per heavy atom. The SMILES string of the molecule is COc1ccc(C(C)NC(=O)COc2ccc(S(=O)(=O)Nc3ccc(Br)cc3)cc2)cc1OC. The molecule has 3 aromatic rings. The van der Waals surface area contributed by atoms with E-state index in [0.717, 1.165) is 10.0 Å². The van der Waals surface area contributed by atoms with Crippen LogP contribution in [0.5, 0.6) is 17.2 Å². The third-order valence-electron chi connectivity index (χ3n) is 4.89. The molecular weight excluding hydrogens is 524 g/mol. The number of hydrogen-bond donors (Lipinski definition) is 2. The molecule has 34 heavy (non-hydrogen) atoms. The summed E-state index contributed by atoms with van der Waals surface area (Å²) in [5.74, 6) is 1.22. The minimum absolute atomic E-state index is 0.0781. The molecule has 0 fully saturated rings. The van der Waals surface area contributed by atoms with Crippen LogP contribution in [0, 0.1) is 0 Å². The Morgan fingerprint density at radius 1 is 0.941 bits per heavy atom. The van der Waals surface area contributed by atoms with E-state index in [1.165, 1.54) is 24.3 Å². The molecule has 1 amide bonds. The van der Waals surface area contributed by atoms with Crippen LogP contribution in [0.2, 0.25) is 0 Å². The molecule has 3 aromatic carbocycles. The van der Waals surface area contributed by atoms with Gasteiger partial charge in [-0.05, 0) is 73.2 Å². The number of carbonyl (C=O) groups is 1. The predicted molar refractivity (Wildman–Crippen MR) is 133 cm³/mol. The van der Waals surface area contributed by atoms with Crippen LogP contribution in [0.15, 0.2) is 76.1 Å². The van der Waals surface area contributed by atoms with Gasteiger partial charge >= 0.3 is 0 Å². The number of hydrogen-bond acceptors (Lipinski definition) is 6. The molecule has 0 aliphatic carbocycles. The number of sulfonamides is 1. The molecule has 0 saturated heterocycles. The first kappa shape index (κ1) is 25.4. The summed E-state index contributed by atoms with van der Waals surface area (Å²) in [5, 5.41) is 2.85. The van der Waals surface area contributed by atoms with E-state index >= 15 is 0 Å². The molecule has 8 nitrogen and oxygen atoms in total. The van der Waals surface area contributed by atoms with Gasteiger partial charge in [0.1, 0.15) is 5.75 Å². The predicted octanol–water partition coefficient (Wildman–Crippen LogP) is 4.52. The third kappa shape index (κ3) is 6.64. The summed E-state index contributed by atoms with van der Waals surface area (Å²) in [6.07, 6.45) is 0. The molecule has 0 aliphatic heterocycles.